The van der Waals surface area contributed by atoms with E-state index in [1.807, 2.05) is 12.1 Å². The van der Waals surface area contributed by atoms with Gasteiger partial charge >= 0.3 is 0 Å². The van der Waals surface area contributed by atoms with Crippen molar-refractivity contribution in [1.29, 1.82) is 0 Å². The van der Waals surface area contributed by atoms with Crippen LogP contribution in [0.4, 0.5) is 13.2 Å². The average molecular weight is 489 g/mol. The van der Waals surface area contributed by atoms with E-state index in [1.54, 1.807) is 36.4 Å². The largest absolute Gasteiger partial charge is 0.492 e. The zero-order valence-corrected chi connectivity index (χ0v) is 20.6. The van der Waals surface area contributed by atoms with E-state index in [9.17, 15) is 13.2 Å². The van der Waals surface area contributed by atoms with E-state index in [2.05, 4.69) is 6.92 Å². The smallest absolute Gasteiger partial charge is 0.134 e. The Kier molecular flexibility index (Phi) is 8.83. The predicted octanol–water partition coefficient (Wildman–Crippen LogP) is 9.84. The highest BCUT2D eigenvalue weighted by Crippen LogP contribution is 2.43. The van der Waals surface area contributed by atoms with Gasteiger partial charge in [-0.1, -0.05) is 75.4 Å². The van der Waals surface area contributed by atoms with Crippen molar-refractivity contribution in [2.45, 2.75) is 45.4 Å². The van der Waals surface area contributed by atoms with Gasteiger partial charge in [0.2, 0.25) is 0 Å². The molecule has 0 heterocycles. The Morgan fingerprint density at radius 1 is 0.500 bits per heavy atom. The quantitative estimate of drug-likeness (QED) is 0.191. The molecular weight excluding hydrogens is 457 g/mol. The number of hydrogen-bond donors (Lipinski definition) is 0. The van der Waals surface area contributed by atoms with Gasteiger partial charge < -0.3 is 4.74 Å². The number of unbranched alkanes of at least 4 members (excludes halogenated alkanes) is 5. The van der Waals surface area contributed by atoms with E-state index in [1.165, 1.54) is 62.1 Å². The van der Waals surface area contributed by atoms with Gasteiger partial charge in [-0.25, -0.2) is 13.2 Å². The van der Waals surface area contributed by atoms with E-state index in [0.29, 0.717) is 12.4 Å². The highest BCUT2D eigenvalue weighted by molar-refractivity contribution is 5.88. The maximum absolute atomic E-state index is 13.7. The summed E-state index contributed by atoms with van der Waals surface area (Å²) in [5, 5.41) is 0. The SMILES string of the molecule is CCCCCCCCOc1c(-c2ccc(F)cc2)cc(-c2ccc(F)cc2)cc1-c1ccc(F)cc1. The molecular formula is C32H31F3O. The highest BCUT2D eigenvalue weighted by Gasteiger charge is 2.17. The van der Waals surface area contributed by atoms with Gasteiger partial charge in [-0.15, -0.1) is 0 Å². The Morgan fingerprint density at radius 3 is 1.39 bits per heavy atom. The normalized spacial score (nSPS) is 11.0. The first-order valence-corrected chi connectivity index (χ1v) is 12.6. The molecule has 0 unspecified atom stereocenters. The molecule has 0 spiro atoms. The average Bonchev–Trinajstić information content (AvgIpc) is 2.89. The summed E-state index contributed by atoms with van der Waals surface area (Å²) in [6, 6.07) is 22.9. The maximum Gasteiger partial charge on any atom is 0.134 e. The third-order valence-corrected chi connectivity index (χ3v) is 6.32. The van der Waals surface area contributed by atoms with Crippen LogP contribution in [0.3, 0.4) is 0 Å². The Labute approximate surface area is 211 Å². The molecule has 0 fully saturated rings. The highest BCUT2D eigenvalue weighted by atomic mass is 19.1. The Morgan fingerprint density at radius 2 is 0.917 bits per heavy atom. The fourth-order valence-corrected chi connectivity index (χ4v) is 4.34. The monoisotopic (exact) mass is 488 g/mol. The van der Waals surface area contributed by atoms with Crippen LogP contribution < -0.4 is 4.74 Å². The van der Waals surface area contributed by atoms with Gasteiger partial charge in [-0.05, 0) is 77.2 Å². The van der Waals surface area contributed by atoms with Crippen molar-refractivity contribution in [3.63, 3.8) is 0 Å². The molecule has 186 valence electrons. The van der Waals surface area contributed by atoms with Gasteiger partial charge in [0.25, 0.3) is 0 Å². The van der Waals surface area contributed by atoms with E-state index in [-0.39, 0.29) is 17.5 Å². The van der Waals surface area contributed by atoms with Crippen LogP contribution in [0.5, 0.6) is 5.75 Å². The van der Waals surface area contributed by atoms with Gasteiger partial charge in [0.05, 0.1) is 6.61 Å². The zero-order valence-electron chi connectivity index (χ0n) is 20.6. The van der Waals surface area contributed by atoms with Crippen molar-refractivity contribution < 1.29 is 17.9 Å². The summed E-state index contributed by atoms with van der Waals surface area (Å²) < 4.78 is 47.5. The topological polar surface area (TPSA) is 9.23 Å². The van der Waals surface area contributed by atoms with Crippen LogP contribution in [0.25, 0.3) is 33.4 Å². The molecule has 4 heteroatoms. The molecule has 36 heavy (non-hydrogen) atoms. The number of ether oxygens (including phenoxy) is 1. The molecule has 4 rings (SSSR count). The van der Waals surface area contributed by atoms with Crippen LogP contribution >= 0.6 is 0 Å². The van der Waals surface area contributed by atoms with Crippen molar-refractivity contribution in [3.8, 4) is 39.1 Å². The molecule has 4 aromatic rings. The number of halogens is 3. The number of hydrogen-bond acceptors (Lipinski definition) is 1. The van der Waals surface area contributed by atoms with Crippen LogP contribution in [0.1, 0.15) is 45.4 Å². The maximum atomic E-state index is 13.7. The lowest BCUT2D eigenvalue weighted by atomic mass is 9.92. The van der Waals surface area contributed by atoms with Crippen LogP contribution in [-0.4, -0.2) is 6.61 Å². The molecule has 0 radical (unpaired) electrons. The summed E-state index contributed by atoms with van der Waals surface area (Å²) in [6.45, 7) is 2.75. The Balaban J connectivity index is 1.78. The molecule has 0 aliphatic heterocycles. The van der Waals surface area contributed by atoms with Crippen molar-refractivity contribution >= 4 is 0 Å². The molecule has 0 aromatic heterocycles. The van der Waals surface area contributed by atoms with E-state index >= 15 is 0 Å². The molecule has 0 N–H and O–H groups in total. The molecule has 0 atom stereocenters. The molecule has 0 aliphatic rings. The fraction of sp³-hybridized carbons (Fsp3) is 0.250. The van der Waals surface area contributed by atoms with Crippen LogP contribution in [0, 0.1) is 17.5 Å². The second kappa shape index (κ2) is 12.4. The van der Waals surface area contributed by atoms with Crippen LogP contribution in [0.15, 0.2) is 84.9 Å². The molecule has 4 aromatic carbocycles. The summed E-state index contributed by atoms with van der Waals surface area (Å²) in [5.74, 6) is -0.272. The van der Waals surface area contributed by atoms with Gasteiger partial charge in [-0.3, -0.25) is 0 Å². The second-order valence-electron chi connectivity index (χ2n) is 9.04. The Bertz CT molecular complexity index is 1180. The minimum absolute atomic E-state index is 0.310. The van der Waals surface area contributed by atoms with Crippen molar-refractivity contribution in [2.75, 3.05) is 6.61 Å². The molecule has 1 nitrogen and oxygen atoms in total. The zero-order chi connectivity index (χ0) is 25.3. The minimum atomic E-state index is -0.318. The van der Waals surface area contributed by atoms with Crippen molar-refractivity contribution in [2.24, 2.45) is 0 Å². The van der Waals surface area contributed by atoms with E-state index in [4.69, 9.17) is 4.74 Å². The lowest BCUT2D eigenvalue weighted by Gasteiger charge is -2.19. The Hall–Kier alpha value is -3.53. The van der Waals surface area contributed by atoms with E-state index < -0.39 is 0 Å². The first-order valence-electron chi connectivity index (χ1n) is 12.6. The number of benzene rings is 4. The summed E-state index contributed by atoms with van der Waals surface area (Å²) in [6.07, 6.45) is 6.87. The summed E-state index contributed by atoms with van der Waals surface area (Å²) in [7, 11) is 0. The summed E-state index contributed by atoms with van der Waals surface area (Å²) >= 11 is 0. The fourth-order valence-electron chi connectivity index (χ4n) is 4.34. The molecule has 0 bridgehead atoms. The van der Waals surface area contributed by atoms with Gasteiger partial charge in [-0.2, -0.15) is 0 Å². The minimum Gasteiger partial charge on any atom is -0.492 e. The van der Waals surface area contributed by atoms with Crippen molar-refractivity contribution in [3.05, 3.63) is 102 Å². The lowest BCUT2D eigenvalue weighted by Crippen LogP contribution is -2.02. The molecule has 0 amide bonds. The third-order valence-electron chi connectivity index (χ3n) is 6.32. The standard InChI is InChI=1S/C32H31F3O/c1-2-3-4-5-6-7-20-36-32-30(24-10-16-28(34)17-11-24)21-26(23-8-14-27(33)15-9-23)22-31(32)25-12-18-29(35)19-13-25/h8-19,21-22H,2-7,20H2,1H3. The summed E-state index contributed by atoms with van der Waals surface area (Å²) in [4.78, 5) is 0. The van der Waals surface area contributed by atoms with Gasteiger partial charge in [0, 0.05) is 11.1 Å². The predicted molar refractivity (Wildman–Crippen MR) is 141 cm³/mol. The summed E-state index contributed by atoms with van der Waals surface area (Å²) in [5.41, 5.74) is 4.93. The van der Waals surface area contributed by atoms with Crippen LogP contribution in [-0.2, 0) is 0 Å². The molecule has 0 saturated carbocycles. The molecule has 0 saturated heterocycles. The molecule has 0 aliphatic carbocycles. The van der Waals surface area contributed by atoms with Gasteiger partial charge in [0.15, 0.2) is 0 Å². The first kappa shape index (κ1) is 25.6. The lowest BCUT2D eigenvalue weighted by molar-refractivity contribution is 0.306. The van der Waals surface area contributed by atoms with Crippen molar-refractivity contribution in [1.82, 2.24) is 0 Å². The number of rotatable bonds is 11. The first-order chi connectivity index (χ1) is 17.5. The second-order valence-corrected chi connectivity index (χ2v) is 9.04. The van der Waals surface area contributed by atoms with Crippen LogP contribution in [0.2, 0.25) is 0 Å². The van der Waals surface area contributed by atoms with E-state index in [0.717, 1.165) is 46.2 Å². The van der Waals surface area contributed by atoms with Gasteiger partial charge in [0.1, 0.15) is 23.2 Å². The third kappa shape index (κ3) is 6.57.